The third kappa shape index (κ3) is 10.3. The minimum atomic E-state index is -2.27. The molecular formula is C24H31N7O10. The molecule has 3 rings (SSSR count). The number of rotatable bonds is 9. The molecule has 2 atom stereocenters. The number of hydrogen-bond acceptors (Lipinski definition) is 12. The second-order valence-corrected chi connectivity index (χ2v) is 8.45. The number of carbonyl (C=O) groups excluding carboxylic acids is 2. The van der Waals surface area contributed by atoms with Crippen LogP contribution < -0.4 is 16.0 Å². The zero-order valence-electron chi connectivity index (χ0n) is 22.0. The summed E-state index contributed by atoms with van der Waals surface area (Å²) >= 11 is 0. The molecule has 41 heavy (non-hydrogen) atoms. The highest BCUT2D eigenvalue weighted by Crippen LogP contribution is 2.21. The van der Waals surface area contributed by atoms with Gasteiger partial charge in [-0.25, -0.2) is 24.4 Å². The number of carboxylic acid groups (broad SMARTS) is 2. The summed E-state index contributed by atoms with van der Waals surface area (Å²) < 4.78 is 9.93. The number of aromatic nitrogens is 2. The molecule has 1 aliphatic heterocycles. The molecule has 2 unspecified atom stereocenters. The first-order valence-corrected chi connectivity index (χ1v) is 12.0. The van der Waals surface area contributed by atoms with Crippen LogP contribution in [0.4, 0.5) is 10.7 Å². The molecule has 0 saturated carbocycles. The van der Waals surface area contributed by atoms with Crippen LogP contribution in [0.15, 0.2) is 36.7 Å². The van der Waals surface area contributed by atoms with Gasteiger partial charge >= 0.3 is 18.0 Å². The fraction of sp³-hybridized carbons (Fsp3) is 0.375. The standard InChI is InChI=1S/C20H25N7O4.C4H6O6/c1-30-13-17(28)26-5-7-27(8-6-26)19-23-10-16(11-24-19)15-4-2-3-14(9-15)12-31-20(29)25-18(21)22;5-1(3(7)8)2(6)4(9)10/h2-4,9-11H,5-8,12-13H2,1H3,(H4,21,22,25,29);1-2,5-6H,(H,7,8)(H,9,10). The average molecular weight is 578 g/mol. The predicted molar refractivity (Wildman–Crippen MR) is 141 cm³/mol. The highest BCUT2D eigenvalue weighted by Gasteiger charge is 2.29. The molecule has 222 valence electrons. The SMILES string of the molecule is COCC(=O)N1CCN(c2ncc(-c3cccc(COC(=O)NC(=N)N)c3)cn2)CC1.O=C(O)C(O)C(O)C(=O)O. The smallest absolute Gasteiger partial charge is 0.414 e. The lowest BCUT2D eigenvalue weighted by Gasteiger charge is -2.34. The number of carbonyl (C=O) groups is 4. The Bertz CT molecular complexity index is 1200. The Hall–Kier alpha value is -4.87. The molecule has 1 aromatic carbocycles. The Morgan fingerprint density at radius 3 is 2.12 bits per heavy atom. The van der Waals surface area contributed by atoms with Gasteiger partial charge in [-0.05, 0) is 17.2 Å². The van der Waals surface area contributed by atoms with Crippen LogP contribution in [0, 0.1) is 5.41 Å². The number of nitrogens with zero attached hydrogens (tertiary/aromatic N) is 4. The summed E-state index contributed by atoms with van der Waals surface area (Å²) in [6, 6.07) is 7.46. The Kier molecular flexibility index (Phi) is 12.3. The molecule has 0 aliphatic carbocycles. The molecule has 0 bridgehead atoms. The van der Waals surface area contributed by atoms with Gasteiger partial charge in [-0.3, -0.25) is 15.5 Å². The maximum atomic E-state index is 11.9. The molecule has 0 radical (unpaired) electrons. The molecule has 2 aromatic rings. The van der Waals surface area contributed by atoms with Gasteiger partial charge in [-0.1, -0.05) is 18.2 Å². The first-order chi connectivity index (χ1) is 19.4. The van der Waals surface area contributed by atoms with Crippen LogP contribution in [0.5, 0.6) is 0 Å². The van der Waals surface area contributed by atoms with Crippen LogP contribution in [-0.4, -0.2) is 117 Å². The zero-order valence-corrected chi connectivity index (χ0v) is 22.0. The number of guanidine groups is 1. The van der Waals surface area contributed by atoms with Gasteiger partial charge in [0.05, 0.1) is 0 Å². The number of carboxylic acids is 2. The Morgan fingerprint density at radius 1 is 1.02 bits per heavy atom. The quantitative estimate of drug-likeness (QED) is 0.131. The molecule has 17 heteroatoms. The van der Waals surface area contributed by atoms with Crippen molar-refractivity contribution in [3.8, 4) is 11.1 Å². The maximum Gasteiger partial charge on any atom is 0.414 e. The second kappa shape index (κ2) is 15.7. The fourth-order valence-electron chi connectivity index (χ4n) is 3.41. The summed E-state index contributed by atoms with van der Waals surface area (Å²) in [4.78, 5) is 55.7. The van der Waals surface area contributed by atoms with Gasteiger partial charge in [-0.15, -0.1) is 0 Å². The number of nitrogens with two attached hydrogens (primary N) is 1. The number of alkyl carbamates (subject to hydrolysis) is 1. The summed E-state index contributed by atoms with van der Waals surface area (Å²) in [5, 5.41) is 41.6. The van der Waals surface area contributed by atoms with E-state index < -0.39 is 36.2 Å². The minimum Gasteiger partial charge on any atom is -0.479 e. The first kappa shape index (κ1) is 32.3. The molecule has 2 amide bonds. The van der Waals surface area contributed by atoms with E-state index in [1.165, 1.54) is 7.11 Å². The third-order valence-electron chi connectivity index (χ3n) is 5.49. The molecule has 8 N–H and O–H groups in total. The number of benzene rings is 1. The van der Waals surface area contributed by atoms with E-state index in [-0.39, 0.29) is 19.1 Å². The number of aliphatic carboxylic acids is 2. The van der Waals surface area contributed by atoms with Crippen molar-refractivity contribution in [2.75, 3.05) is 44.8 Å². The summed E-state index contributed by atoms with van der Waals surface area (Å²) in [6.07, 6.45) is -1.83. The van der Waals surface area contributed by atoms with Gasteiger partial charge in [-0.2, -0.15) is 0 Å². The number of aliphatic hydroxyl groups is 2. The Balaban J connectivity index is 0.000000503. The van der Waals surface area contributed by atoms with E-state index >= 15 is 0 Å². The van der Waals surface area contributed by atoms with Gasteiger partial charge in [0.2, 0.25) is 11.9 Å². The van der Waals surface area contributed by atoms with Gasteiger partial charge in [0.25, 0.3) is 0 Å². The molecule has 1 saturated heterocycles. The molecule has 1 aromatic heterocycles. The van der Waals surface area contributed by atoms with Crippen LogP contribution in [0.2, 0.25) is 0 Å². The fourth-order valence-corrected chi connectivity index (χ4v) is 3.41. The number of methoxy groups -OCH3 is 1. The number of hydrogen-bond donors (Lipinski definition) is 7. The number of piperazine rings is 1. The monoisotopic (exact) mass is 577 g/mol. The van der Waals surface area contributed by atoms with Crippen molar-refractivity contribution in [1.82, 2.24) is 20.2 Å². The lowest BCUT2D eigenvalue weighted by Crippen LogP contribution is -2.50. The van der Waals surface area contributed by atoms with E-state index in [0.29, 0.717) is 32.1 Å². The lowest BCUT2D eigenvalue weighted by atomic mass is 10.1. The number of aliphatic hydroxyl groups excluding tert-OH is 2. The van der Waals surface area contributed by atoms with Crippen molar-refractivity contribution in [1.29, 1.82) is 5.41 Å². The lowest BCUT2D eigenvalue weighted by molar-refractivity contribution is -0.165. The van der Waals surface area contributed by atoms with Crippen LogP contribution in [0.3, 0.4) is 0 Å². The zero-order chi connectivity index (χ0) is 30.5. The van der Waals surface area contributed by atoms with Crippen molar-refractivity contribution in [2.45, 2.75) is 18.8 Å². The molecular weight excluding hydrogens is 546 g/mol. The third-order valence-corrected chi connectivity index (χ3v) is 5.49. The largest absolute Gasteiger partial charge is 0.479 e. The van der Waals surface area contributed by atoms with E-state index in [9.17, 15) is 19.2 Å². The maximum absolute atomic E-state index is 11.9. The number of ether oxygens (including phenoxy) is 2. The van der Waals surface area contributed by atoms with Crippen LogP contribution in [-0.2, 0) is 30.5 Å². The van der Waals surface area contributed by atoms with Gasteiger partial charge < -0.3 is 45.4 Å². The van der Waals surface area contributed by atoms with Crippen LogP contribution >= 0.6 is 0 Å². The van der Waals surface area contributed by atoms with Crippen molar-refractivity contribution in [3.05, 3.63) is 42.2 Å². The van der Waals surface area contributed by atoms with Crippen molar-refractivity contribution < 1.29 is 49.1 Å². The van der Waals surface area contributed by atoms with E-state index in [0.717, 1.165) is 16.7 Å². The predicted octanol–water partition coefficient (Wildman–Crippen LogP) is -1.56. The average Bonchev–Trinajstić information content (AvgIpc) is 2.95. The van der Waals surface area contributed by atoms with E-state index in [1.807, 2.05) is 29.2 Å². The van der Waals surface area contributed by atoms with Crippen molar-refractivity contribution in [2.24, 2.45) is 5.73 Å². The highest BCUT2D eigenvalue weighted by atomic mass is 16.5. The van der Waals surface area contributed by atoms with E-state index in [1.54, 1.807) is 17.3 Å². The summed E-state index contributed by atoms with van der Waals surface area (Å²) in [6.45, 7) is 2.65. The van der Waals surface area contributed by atoms with Gasteiger partial charge in [0.1, 0.15) is 13.2 Å². The Morgan fingerprint density at radius 2 is 1.61 bits per heavy atom. The van der Waals surface area contributed by atoms with E-state index in [4.69, 9.17) is 41.0 Å². The Labute approximate surface area is 233 Å². The van der Waals surface area contributed by atoms with Gasteiger partial charge in [0, 0.05) is 51.2 Å². The van der Waals surface area contributed by atoms with Crippen LogP contribution in [0.1, 0.15) is 5.56 Å². The number of amides is 2. The van der Waals surface area contributed by atoms with Crippen molar-refractivity contribution in [3.63, 3.8) is 0 Å². The normalized spacial score (nSPS) is 14.1. The second-order valence-electron chi connectivity index (χ2n) is 8.45. The van der Waals surface area contributed by atoms with E-state index in [2.05, 4.69) is 15.3 Å². The van der Waals surface area contributed by atoms with Gasteiger partial charge in [0.15, 0.2) is 18.2 Å². The molecule has 0 spiro atoms. The molecule has 17 nitrogen and oxygen atoms in total. The molecule has 2 heterocycles. The van der Waals surface area contributed by atoms with Crippen molar-refractivity contribution >= 4 is 35.8 Å². The summed E-state index contributed by atoms with van der Waals surface area (Å²) in [7, 11) is 1.51. The first-order valence-electron chi connectivity index (χ1n) is 12.0. The topological polar surface area (TPSA) is 262 Å². The van der Waals surface area contributed by atoms with Crippen LogP contribution in [0.25, 0.3) is 11.1 Å². The minimum absolute atomic E-state index is 0.0129. The summed E-state index contributed by atoms with van der Waals surface area (Å²) in [5.74, 6) is -3.41. The number of nitrogens with one attached hydrogen (secondary N) is 2. The highest BCUT2D eigenvalue weighted by molar-refractivity contribution is 5.90. The number of anilines is 1. The molecule has 1 aliphatic rings. The molecule has 1 fully saturated rings. The summed E-state index contributed by atoms with van der Waals surface area (Å²) in [5.41, 5.74) is 7.58.